The van der Waals surface area contributed by atoms with Crippen LogP contribution in [0.1, 0.15) is 13.3 Å². The third kappa shape index (κ3) is 2.41. The van der Waals surface area contributed by atoms with Crippen molar-refractivity contribution in [1.82, 2.24) is 10.6 Å². The van der Waals surface area contributed by atoms with E-state index in [0.717, 1.165) is 0 Å². The molecule has 2 N–H and O–H groups in total. The van der Waals surface area contributed by atoms with Crippen molar-refractivity contribution >= 4 is 24.4 Å². The second-order valence-corrected chi connectivity index (χ2v) is 3.66. The van der Waals surface area contributed by atoms with Crippen molar-refractivity contribution in [2.75, 3.05) is 6.54 Å². The zero-order chi connectivity index (χ0) is 9.14. The van der Waals surface area contributed by atoms with Crippen LogP contribution < -0.4 is 10.6 Å². The highest BCUT2D eigenvalue weighted by Gasteiger charge is 2.23. The van der Waals surface area contributed by atoms with E-state index in [1.54, 1.807) is 6.92 Å². The van der Waals surface area contributed by atoms with Crippen LogP contribution >= 0.6 is 12.6 Å². The van der Waals surface area contributed by atoms with Gasteiger partial charge in [-0.25, -0.2) is 0 Å². The molecule has 1 rings (SSSR count). The summed E-state index contributed by atoms with van der Waals surface area (Å²) in [4.78, 5) is 21.8. The number of carbonyl (C=O) groups is 2. The number of rotatable bonds is 2. The van der Waals surface area contributed by atoms with E-state index < -0.39 is 0 Å². The highest BCUT2D eigenvalue weighted by Crippen LogP contribution is 2.01. The topological polar surface area (TPSA) is 58.2 Å². The van der Waals surface area contributed by atoms with E-state index in [9.17, 15) is 9.59 Å². The van der Waals surface area contributed by atoms with Gasteiger partial charge in [-0.3, -0.25) is 9.59 Å². The number of amides is 2. The van der Waals surface area contributed by atoms with E-state index in [2.05, 4.69) is 23.3 Å². The molecule has 1 fully saturated rings. The van der Waals surface area contributed by atoms with Gasteiger partial charge in [-0.1, -0.05) is 0 Å². The lowest BCUT2D eigenvalue weighted by Gasteiger charge is -2.11. The molecule has 1 saturated heterocycles. The lowest BCUT2D eigenvalue weighted by molar-refractivity contribution is -0.121. The molecule has 1 aliphatic rings. The third-order valence-corrected chi connectivity index (χ3v) is 1.94. The van der Waals surface area contributed by atoms with Crippen LogP contribution in [0.5, 0.6) is 0 Å². The van der Waals surface area contributed by atoms with Gasteiger partial charge >= 0.3 is 0 Å². The molecule has 0 aromatic heterocycles. The van der Waals surface area contributed by atoms with Crippen LogP contribution in [0.3, 0.4) is 0 Å². The number of hydrogen-bond acceptors (Lipinski definition) is 3. The van der Waals surface area contributed by atoms with Crippen LogP contribution in [0.2, 0.25) is 0 Å². The molecule has 0 aliphatic carbocycles. The molecule has 2 atom stereocenters. The fraction of sp³-hybridized carbons (Fsp3) is 0.714. The maximum absolute atomic E-state index is 11.1. The number of nitrogens with one attached hydrogen (secondary N) is 2. The molecule has 0 aromatic rings. The molecule has 2 amide bonds. The van der Waals surface area contributed by atoms with Gasteiger partial charge in [0, 0.05) is 13.0 Å². The summed E-state index contributed by atoms with van der Waals surface area (Å²) in [5.74, 6) is -0.132. The first-order valence-corrected chi connectivity index (χ1v) is 4.36. The molecule has 0 spiro atoms. The van der Waals surface area contributed by atoms with Crippen molar-refractivity contribution in [3.8, 4) is 0 Å². The SMILES string of the molecule is CC(S)C(=O)NC1CNC(=O)C1. The van der Waals surface area contributed by atoms with Gasteiger partial charge in [0.2, 0.25) is 11.8 Å². The van der Waals surface area contributed by atoms with Gasteiger partial charge in [0.05, 0.1) is 11.3 Å². The van der Waals surface area contributed by atoms with Crippen LogP contribution in [0.25, 0.3) is 0 Å². The Balaban J connectivity index is 2.32. The number of carbonyl (C=O) groups excluding carboxylic acids is 2. The smallest absolute Gasteiger partial charge is 0.232 e. The Morgan fingerprint density at radius 2 is 2.50 bits per heavy atom. The van der Waals surface area contributed by atoms with Gasteiger partial charge in [0.25, 0.3) is 0 Å². The largest absolute Gasteiger partial charge is 0.354 e. The predicted octanol–water partition coefficient (Wildman–Crippen LogP) is -0.691. The molecule has 1 heterocycles. The van der Waals surface area contributed by atoms with Crippen molar-refractivity contribution in [3.63, 3.8) is 0 Å². The minimum absolute atomic E-state index is 0.00730. The summed E-state index contributed by atoms with van der Waals surface area (Å²) in [6, 6.07) is -0.0559. The average molecular weight is 188 g/mol. The van der Waals surface area contributed by atoms with E-state index in [0.29, 0.717) is 13.0 Å². The van der Waals surface area contributed by atoms with Crippen molar-refractivity contribution < 1.29 is 9.59 Å². The summed E-state index contributed by atoms with van der Waals surface area (Å²) in [5.41, 5.74) is 0. The summed E-state index contributed by atoms with van der Waals surface area (Å²) in [6.07, 6.45) is 0.381. The summed E-state index contributed by atoms with van der Waals surface area (Å²) in [5, 5.41) is 5.03. The van der Waals surface area contributed by atoms with Gasteiger partial charge in [-0.15, -0.1) is 0 Å². The molecule has 4 nitrogen and oxygen atoms in total. The van der Waals surface area contributed by atoms with E-state index in [1.807, 2.05) is 0 Å². The molecule has 5 heteroatoms. The summed E-state index contributed by atoms with van der Waals surface area (Å²) in [6.45, 7) is 2.23. The Morgan fingerprint density at radius 3 is 2.92 bits per heavy atom. The number of thiol groups is 1. The monoisotopic (exact) mass is 188 g/mol. The zero-order valence-corrected chi connectivity index (χ0v) is 7.73. The molecule has 0 bridgehead atoms. The van der Waals surface area contributed by atoms with Gasteiger partial charge in [0.15, 0.2) is 0 Å². The maximum atomic E-state index is 11.1. The molecular weight excluding hydrogens is 176 g/mol. The lowest BCUT2D eigenvalue weighted by Crippen LogP contribution is -2.39. The first-order chi connectivity index (χ1) is 5.59. The molecule has 0 saturated carbocycles. The van der Waals surface area contributed by atoms with E-state index in [-0.39, 0.29) is 23.1 Å². The van der Waals surface area contributed by atoms with Crippen LogP contribution in [0, 0.1) is 0 Å². The lowest BCUT2D eigenvalue weighted by atomic mass is 10.2. The van der Waals surface area contributed by atoms with Crippen LogP contribution in [-0.4, -0.2) is 29.7 Å². The fourth-order valence-corrected chi connectivity index (χ4v) is 1.10. The molecule has 1 aliphatic heterocycles. The van der Waals surface area contributed by atoms with Crippen LogP contribution in [-0.2, 0) is 9.59 Å². The Hall–Kier alpha value is -0.710. The maximum Gasteiger partial charge on any atom is 0.232 e. The standard InChI is InChI=1S/C7H12N2O2S/c1-4(12)7(11)9-5-2-6(10)8-3-5/h4-5,12H,2-3H2,1H3,(H,8,10)(H,9,11). The first-order valence-electron chi connectivity index (χ1n) is 3.84. The third-order valence-electron chi connectivity index (χ3n) is 1.70. The minimum Gasteiger partial charge on any atom is -0.354 e. The van der Waals surface area contributed by atoms with Crippen molar-refractivity contribution in [1.29, 1.82) is 0 Å². The summed E-state index contributed by atoms with van der Waals surface area (Å²) >= 11 is 3.97. The Morgan fingerprint density at radius 1 is 1.83 bits per heavy atom. The van der Waals surface area contributed by atoms with Gasteiger partial charge in [-0.2, -0.15) is 12.6 Å². The van der Waals surface area contributed by atoms with Crippen LogP contribution in [0.15, 0.2) is 0 Å². The van der Waals surface area contributed by atoms with Gasteiger partial charge in [0.1, 0.15) is 0 Å². The normalized spacial score (nSPS) is 24.8. The minimum atomic E-state index is -0.319. The van der Waals surface area contributed by atoms with Gasteiger partial charge in [-0.05, 0) is 6.92 Å². The molecule has 0 radical (unpaired) electrons. The van der Waals surface area contributed by atoms with Crippen molar-refractivity contribution in [2.45, 2.75) is 24.6 Å². The van der Waals surface area contributed by atoms with E-state index in [4.69, 9.17) is 0 Å². The van der Waals surface area contributed by atoms with E-state index in [1.165, 1.54) is 0 Å². The summed E-state index contributed by atoms with van der Waals surface area (Å²) < 4.78 is 0. The number of hydrogen-bond donors (Lipinski definition) is 3. The summed E-state index contributed by atoms with van der Waals surface area (Å²) in [7, 11) is 0. The molecular formula is C7H12N2O2S. The second kappa shape index (κ2) is 3.80. The highest BCUT2D eigenvalue weighted by molar-refractivity contribution is 7.81. The Labute approximate surface area is 76.5 Å². The van der Waals surface area contributed by atoms with Crippen LogP contribution in [0.4, 0.5) is 0 Å². The van der Waals surface area contributed by atoms with Gasteiger partial charge < -0.3 is 10.6 Å². The molecule has 2 unspecified atom stereocenters. The average Bonchev–Trinajstić information content (AvgIpc) is 2.35. The quantitative estimate of drug-likeness (QED) is 0.502. The van der Waals surface area contributed by atoms with Crippen molar-refractivity contribution in [2.24, 2.45) is 0 Å². The van der Waals surface area contributed by atoms with E-state index >= 15 is 0 Å². The Bertz CT molecular complexity index is 206. The molecule has 0 aromatic carbocycles. The second-order valence-electron chi connectivity index (χ2n) is 2.89. The van der Waals surface area contributed by atoms with Crippen molar-refractivity contribution in [3.05, 3.63) is 0 Å². The molecule has 68 valence electrons. The first kappa shape index (κ1) is 9.38. The molecule has 12 heavy (non-hydrogen) atoms. The zero-order valence-electron chi connectivity index (χ0n) is 6.83. The Kier molecular flexibility index (Phi) is 2.97. The fourth-order valence-electron chi connectivity index (χ4n) is 1.03. The highest BCUT2D eigenvalue weighted by atomic mass is 32.1. The predicted molar refractivity (Wildman–Crippen MR) is 48.0 cm³/mol.